The number of nitrogens with zero attached hydrogens (tertiary/aromatic N) is 2. The lowest BCUT2D eigenvalue weighted by Crippen LogP contribution is -2.15. The SMILES string of the molecule is Cc1cc(Nc2ccc3c(c2)OCCO3)nc(Nc2ccc(Cl)cc2)n1. The number of nitrogens with one attached hydrogen (secondary N) is 2. The summed E-state index contributed by atoms with van der Waals surface area (Å²) in [5.74, 6) is 2.68. The van der Waals surface area contributed by atoms with Gasteiger partial charge in [0, 0.05) is 34.2 Å². The van der Waals surface area contributed by atoms with Crippen molar-refractivity contribution >= 4 is 34.7 Å². The molecule has 0 saturated heterocycles. The van der Waals surface area contributed by atoms with Gasteiger partial charge in [0.1, 0.15) is 19.0 Å². The Kier molecular flexibility index (Phi) is 4.50. The van der Waals surface area contributed by atoms with Crippen LogP contribution >= 0.6 is 11.6 Å². The summed E-state index contributed by atoms with van der Waals surface area (Å²) in [6, 6.07) is 15.0. The van der Waals surface area contributed by atoms with E-state index < -0.39 is 0 Å². The minimum absolute atomic E-state index is 0.507. The lowest BCUT2D eigenvalue weighted by Gasteiger charge is -2.19. The van der Waals surface area contributed by atoms with E-state index in [9.17, 15) is 0 Å². The van der Waals surface area contributed by atoms with E-state index in [4.69, 9.17) is 21.1 Å². The van der Waals surface area contributed by atoms with Gasteiger partial charge in [-0.25, -0.2) is 4.98 Å². The van der Waals surface area contributed by atoms with E-state index in [0.29, 0.717) is 30.0 Å². The molecule has 0 saturated carbocycles. The van der Waals surface area contributed by atoms with Gasteiger partial charge in [-0.3, -0.25) is 0 Å². The molecular weight excluding hydrogens is 352 g/mol. The van der Waals surface area contributed by atoms with Crippen molar-refractivity contribution in [3.8, 4) is 11.5 Å². The molecule has 3 aromatic rings. The Hall–Kier alpha value is -2.99. The van der Waals surface area contributed by atoms with Crippen LogP contribution in [0, 0.1) is 6.92 Å². The van der Waals surface area contributed by atoms with Gasteiger partial charge in [0.15, 0.2) is 11.5 Å². The molecule has 0 atom stereocenters. The van der Waals surface area contributed by atoms with Crippen LogP contribution in [0.3, 0.4) is 0 Å². The van der Waals surface area contributed by atoms with Crippen molar-refractivity contribution in [2.75, 3.05) is 23.8 Å². The Morgan fingerprint density at radius 3 is 2.38 bits per heavy atom. The molecule has 26 heavy (non-hydrogen) atoms. The van der Waals surface area contributed by atoms with Crippen molar-refractivity contribution in [3.05, 3.63) is 59.2 Å². The van der Waals surface area contributed by atoms with Crippen LogP contribution in [0.4, 0.5) is 23.1 Å². The van der Waals surface area contributed by atoms with E-state index in [1.54, 1.807) is 0 Å². The van der Waals surface area contributed by atoms with Gasteiger partial charge in [-0.2, -0.15) is 4.98 Å². The molecule has 1 aliphatic heterocycles. The number of ether oxygens (including phenoxy) is 2. The molecule has 0 fully saturated rings. The minimum Gasteiger partial charge on any atom is -0.486 e. The van der Waals surface area contributed by atoms with E-state index in [1.807, 2.05) is 55.5 Å². The third-order valence-electron chi connectivity index (χ3n) is 3.77. The van der Waals surface area contributed by atoms with Gasteiger partial charge < -0.3 is 20.1 Å². The van der Waals surface area contributed by atoms with Gasteiger partial charge in [0.25, 0.3) is 0 Å². The summed E-state index contributed by atoms with van der Waals surface area (Å²) in [5, 5.41) is 7.15. The third-order valence-corrected chi connectivity index (χ3v) is 4.02. The van der Waals surface area contributed by atoms with E-state index in [0.717, 1.165) is 28.6 Å². The van der Waals surface area contributed by atoms with Crippen LogP contribution in [0.15, 0.2) is 48.5 Å². The molecule has 2 N–H and O–H groups in total. The summed E-state index contributed by atoms with van der Waals surface area (Å²) in [4.78, 5) is 8.94. The fourth-order valence-corrected chi connectivity index (χ4v) is 2.75. The van der Waals surface area contributed by atoms with Gasteiger partial charge >= 0.3 is 0 Å². The number of halogens is 1. The van der Waals surface area contributed by atoms with Crippen molar-refractivity contribution in [1.82, 2.24) is 9.97 Å². The molecule has 1 aliphatic rings. The first-order chi connectivity index (χ1) is 12.7. The van der Waals surface area contributed by atoms with Crippen molar-refractivity contribution in [3.63, 3.8) is 0 Å². The minimum atomic E-state index is 0.507. The highest BCUT2D eigenvalue weighted by atomic mass is 35.5. The molecule has 0 bridgehead atoms. The lowest BCUT2D eigenvalue weighted by atomic mass is 10.2. The summed E-state index contributed by atoms with van der Waals surface area (Å²) in [6.45, 7) is 3.05. The number of hydrogen-bond donors (Lipinski definition) is 2. The average Bonchev–Trinajstić information content (AvgIpc) is 2.63. The summed E-state index contributed by atoms with van der Waals surface area (Å²) in [5.41, 5.74) is 2.58. The average molecular weight is 369 g/mol. The number of hydrogen-bond acceptors (Lipinski definition) is 6. The Bertz CT molecular complexity index is 931. The molecule has 1 aromatic heterocycles. The van der Waals surface area contributed by atoms with Gasteiger partial charge in [-0.1, -0.05) is 11.6 Å². The highest BCUT2D eigenvalue weighted by Crippen LogP contribution is 2.33. The quantitative estimate of drug-likeness (QED) is 0.695. The monoisotopic (exact) mass is 368 g/mol. The summed E-state index contributed by atoms with van der Waals surface area (Å²) in [6.07, 6.45) is 0. The summed E-state index contributed by atoms with van der Waals surface area (Å²) < 4.78 is 11.2. The Labute approximate surface area is 156 Å². The predicted octanol–water partition coefficient (Wildman–Crippen LogP) is 4.70. The molecule has 0 spiro atoms. The maximum absolute atomic E-state index is 5.92. The molecule has 0 amide bonds. The Balaban J connectivity index is 1.55. The molecule has 0 unspecified atom stereocenters. The van der Waals surface area contributed by atoms with Crippen LogP contribution in [0.5, 0.6) is 11.5 Å². The topological polar surface area (TPSA) is 68.3 Å². The van der Waals surface area contributed by atoms with Gasteiger partial charge in [0.05, 0.1) is 0 Å². The van der Waals surface area contributed by atoms with Gasteiger partial charge in [-0.05, 0) is 43.3 Å². The lowest BCUT2D eigenvalue weighted by molar-refractivity contribution is 0.171. The zero-order chi connectivity index (χ0) is 17.9. The maximum atomic E-state index is 5.92. The van der Waals surface area contributed by atoms with Gasteiger partial charge in [-0.15, -0.1) is 0 Å². The standard InChI is InChI=1S/C19H17ClN4O2/c1-12-10-18(22-15-6-7-16-17(11-15)26-9-8-25-16)24-19(21-12)23-14-4-2-13(20)3-5-14/h2-7,10-11H,8-9H2,1H3,(H2,21,22,23,24). The molecule has 4 rings (SSSR count). The Morgan fingerprint density at radius 1 is 0.846 bits per heavy atom. The van der Waals surface area contributed by atoms with Crippen LogP contribution in [0.2, 0.25) is 5.02 Å². The number of fused-ring (bicyclic) bond motifs is 1. The molecule has 2 heterocycles. The number of anilines is 4. The highest BCUT2D eigenvalue weighted by Gasteiger charge is 2.12. The summed E-state index contributed by atoms with van der Waals surface area (Å²) in [7, 11) is 0. The molecule has 7 heteroatoms. The van der Waals surface area contributed by atoms with E-state index in [1.165, 1.54) is 0 Å². The second kappa shape index (κ2) is 7.09. The fraction of sp³-hybridized carbons (Fsp3) is 0.158. The van der Waals surface area contributed by atoms with Crippen LogP contribution in [-0.4, -0.2) is 23.2 Å². The first-order valence-electron chi connectivity index (χ1n) is 8.21. The second-order valence-corrected chi connectivity index (χ2v) is 6.27. The largest absolute Gasteiger partial charge is 0.486 e. The van der Waals surface area contributed by atoms with E-state index in [2.05, 4.69) is 20.6 Å². The van der Waals surface area contributed by atoms with Crippen molar-refractivity contribution in [2.45, 2.75) is 6.92 Å². The van der Waals surface area contributed by atoms with Crippen LogP contribution in [0.25, 0.3) is 0 Å². The molecular formula is C19H17ClN4O2. The van der Waals surface area contributed by atoms with Crippen LogP contribution in [-0.2, 0) is 0 Å². The Morgan fingerprint density at radius 2 is 1.58 bits per heavy atom. The highest BCUT2D eigenvalue weighted by molar-refractivity contribution is 6.30. The normalized spacial score (nSPS) is 12.5. The fourth-order valence-electron chi connectivity index (χ4n) is 2.62. The first kappa shape index (κ1) is 16.5. The molecule has 2 aromatic carbocycles. The number of rotatable bonds is 4. The summed E-state index contributed by atoms with van der Waals surface area (Å²) >= 11 is 5.92. The molecule has 6 nitrogen and oxygen atoms in total. The number of aromatic nitrogens is 2. The zero-order valence-electron chi connectivity index (χ0n) is 14.1. The van der Waals surface area contributed by atoms with Crippen molar-refractivity contribution in [1.29, 1.82) is 0 Å². The smallest absolute Gasteiger partial charge is 0.229 e. The van der Waals surface area contributed by atoms with Crippen molar-refractivity contribution in [2.24, 2.45) is 0 Å². The number of aryl methyl sites for hydroxylation is 1. The van der Waals surface area contributed by atoms with Crippen LogP contribution < -0.4 is 20.1 Å². The third kappa shape index (κ3) is 3.81. The van der Waals surface area contributed by atoms with E-state index in [-0.39, 0.29) is 0 Å². The predicted molar refractivity (Wildman–Crippen MR) is 102 cm³/mol. The van der Waals surface area contributed by atoms with Crippen molar-refractivity contribution < 1.29 is 9.47 Å². The molecule has 0 aliphatic carbocycles. The second-order valence-electron chi connectivity index (χ2n) is 5.83. The van der Waals surface area contributed by atoms with Crippen LogP contribution in [0.1, 0.15) is 5.69 Å². The van der Waals surface area contributed by atoms with Gasteiger partial charge in [0.2, 0.25) is 5.95 Å². The molecule has 0 radical (unpaired) electrons. The number of benzene rings is 2. The van der Waals surface area contributed by atoms with E-state index >= 15 is 0 Å². The molecule has 132 valence electrons. The zero-order valence-corrected chi connectivity index (χ0v) is 14.9. The maximum Gasteiger partial charge on any atom is 0.229 e. The first-order valence-corrected chi connectivity index (χ1v) is 8.58.